The number of para-hydroxylation sites is 1. The minimum Gasteiger partial charge on any atom is -0.493 e. The minimum atomic E-state index is 0.643. The predicted octanol–water partition coefficient (Wildman–Crippen LogP) is 3.82. The molecule has 0 radical (unpaired) electrons. The molecule has 5 heteroatoms. The van der Waals surface area contributed by atoms with E-state index < -0.39 is 0 Å². The Kier molecular flexibility index (Phi) is 5.46. The SMILES string of the molecule is C=CCCOc1ccccc1CCNc1ncnc2ccc(N)cc12. The summed E-state index contributed by atoms with van der Waals surface area (Å²) >= 11 is 0. The maximum absolute atomic E-state index is 5.88. The third kappa shape index (κ3) is 4.26. The zero-order valence-corrected chi connectivity index (χ0v) is 14.1. The van der Waals surface area contributed by atoms with Crippen molar-refractivity contribution in [3.63, 3.8) is 0 Å². The van der Waals surface area contributed by atoms with E-state index in [0.29, 0.717) is 12.3 Å². The van der Waals surface area contributed by atoms with E-state index >= 15 is 0 Å². The number of aromatic nitrogens is 2. The Morgan fingerprint density at radius 1 is 1.16 bits per heavy atom. The van der Waals surface area contributed by atoms with E-state index in [1.165, 1.54) is 0 Å². The van der Waals surface area contributed by atoms with Crippen molar-refractivity contribution < 1.29 is 4.74 Å². The number of ether oxygens (including phenoxy) is 1. The number of nitrogens with two attached hydrogens (primary N) is 1. The van der Waals surface area contributed by atoms with Crippen LogP contribution in [0, 0.1) is 0 Å². The maximum atomic E-state index is 5.88. The fourth-order valence-corrected chi connectivity index (χ4v) is 2.63. The molecule has 0 atom stereocenters. The highest BCUT2D eigenvalue weighted by Crippen LogP contribution is 2.22. The number of hydrogen-bond acceptors (Lipinski definition) is 5. The van der Waals surface area contributed by atoms with Crippen LogP contribution in [0.2, 0.25) is 0 Å². The van der Waals surface area contributed by atoms with Crippen molar-refractivity contribution >= 4 is 22.4 Å². The molecule has 1 heterocycles. The first kappa shape index (κ1) is 16.8. The molecule has 0 fully saturated rings. The van der Waals surface area contributed by atoms with Crippen molar-refractivity contribution in [3.8, 4) is 5.75 Å². The fourth-order valence-electron chi connectivity index (χ4n) is 2.63. The molecular weight excluding hydrogens is 312 g/mol. The first-order chi connectivity index (χ1) is 12.3. The van der Waals surface area contributed by atoms with Gasteiger partial charge in [0.1, 0.15) is 17.9 Å². The highest BCUT2D eigenvalue weighted by atomic mass is 16.5. The third-order valence-corrected chi connectivity index (χ3v) is 3.90. The van der Waals surface area contributed by atoms with Crippen LogP contribution in [-0.2, 0) is 6.42 Å². The van der Waals surface area contributed by atoms with Gasteiger partial charge in [-0.1, -0.05) is 24.3 Å². The number of benzene rings is 2. The lowest BCUT2D eigenvalue weighted by Gasteiger charge is -2.12. The van der Waals surface area contributed by atoms with Gasteiger partial charge in [0.2, 0.25) is 0 Å². The van der Waals surface area contributed by atoms with Gasteiger partial charge < -0.3 is 15.8 Å². The number of nitrogens with zero attached hydrogens (tertiary/aromatic N) is 2. The van der Waals surface area contributed by atoms with Gasteiger partial charge in [-0.2, -0.15) is 0 Å². The lowest BCUT2D eigenvalue weighted by molar-refractivity contribution is 0.322. The zero-order chi connectivity index (χ0) is 17.5. The summed E-state index contributed by atoms with van der Waals surface area (Å²) in [5.74, 6) is 1.71. The number of fused-ring (bicyclic) bond motifs is 1. The molecular formula is C20H22N4O. The summed E-state index contributed by atoms with van der Waals surface area (Å²) in [6.45, 7) is 5.10. The summed E-state index contributed by atoms with van der Waals surface area (Å²) in [5.41, 5.74) is 8.62. The summed E-state index contributed by atoms with van der Waals surface area (Å²) in [4.78, 5) is 8.61. The van der Waals surface area contributed by atoms with Crippen LogP contribution in [0.15, 0.2) is 61.4 Å². The number of anilines is 2. The summed E-state index contributed by atoms with van der Waals surface area (Å²) in [5, 5.41) is 4.31. The second-order valence-corrected chi connectivity index (χ2v) is 5.71. The van der Waals surface area contributed by atoms with Gasteiger partial charge >= 0.3 is 0 Å². The molecule has 3 aromatic rings. The van der Waals surface area contributed by atoms with E-state index in [-0.39, 0.29) is 0 Å². The van der Waals surface area contributed by atoms with Gasteiger partial charge in [-0.3, -0.25) is 0 Å². The van der Waals surface area contributed by atoms with Gasteiger partial charge in [0.05, 0.1) is 12.1 Å². The van der Waals surface area contributed by atoms with Gasteiger partial charge in [0, 0.05) is 17.6 Å². The van der Waals surface area contributed by atoms with Crippen molar-refractivity contribution in [3.05, 3.63) is 67.0 Å². The molecule has 25 heavy (non-hydrogen) atoms. The summed E-state index contributed by atoms with van der Waals surface area (Å²) in [6, 6.07) is 13.7. The molecule has 2 aromatic carbocycles. The van der Waals surface area contributed by atoms with Gasteiger partial charge in [-0.25, -0.2) is 9.97 Å². The molecule has 3 N–H and O–H groups in total. The van der Waals surface area contributed by atoms with E-state index in [0.717, 1.165) is 47.4 Å². The molecule has 0 saturated carbocycles. The van der Waals surface area contributed by atoms with Gasteiger partial charge in [-0.15, -0.1) is 6.58 Å². The predicted molar refractivity (Wildman–Crippen MR) is 103 cm³/mol. The number of nitrogens with one attached hydrogen (secondary N) is 1. The standard InChI is InChI=1S/C20H22N4O/c1-2-3-12-25-19-7-5-4-6-15(19)10-11-22-20-17-13-16(21)8-9-18(17)23-14-24-20/h2,4-9,13-14H,1,3,10-12,21H2,(H,22,23,24). The molecule has 0 unspecified atom stereocenters. The van der Waals surface area contributed by atoms with Crippen LogP contribution in [0.5, 0.6) is 5.75 Å². The molecule has 128 valence electrons. The van der Waals surface area contributed by atoms with Crippen LogP contribution < -0.4 is 15.8 Å². The largest absolute Gasteiger partial charge is 0.493 e. The molecule has 0 bridgehead atoms. The van der Waals surface area contributed by atoms with Gasteiger partial charge in [0.15, 0.2) is 0 Å². The molecule has 5 nitrogen and oxygen atoms in total. The van der Waals surface area contributed by atoms with Crippen molar-refractivity contribution in [1.29, 1.82) is 0 Å². The average Bonchev–Trinajstić information content (AvgIpc) is 2.63. The minimum absolute atomic E-state index is 0.643. The van der Waals surface area contributed by atoms with Crippen LogP contribution in [0.1, 0.15) is 12.0 Å². The quantitative estimate of drug-likeness (QED) is 0.372. The van der Waals surface area contributed by atoms with Crippen molar-refractivity contribution in [2.45, 2.75) is 12.8 Å². The lowest BCUT2D eigenvalue weighted by Crippen LogP contribution is -2.08. The first-order valence-corrected chi connectivity index (χ1v) is 8.33. The maximum Gasteiger partial charge on any atom is 0.137 e. The highest BCUT2D eigenvalue weighted by molar-refractivity contribution is 5.91. The zero-order valence-electron chi connectivity index (χ0n) is 14.1. The molecule has 0 aliphatic rings. The fraction of sp³-hybridized carbons (Fsp3) is 0.200. The average molecular weight is 334 g/mol. The van der Waals surface area contributed by atoms with Crippen LogP contribution in [0.3, 0.4) is 0 Å². The van der Waals surface area contributed by atoms with E-state index in [4.69, 9.17) is 10.5 Å². The number of nitrogen functional groups attached to an aromatic ring is 1. The molecule has 0 amide bonds. The van der Waals surface area contributed by atoms with Gasteiger partial charge in [0.25, 0.3) is 0 Å². The van der Waals surface area contributed by atoms with E-state index in [9.17, 15) is 0 Å². The van der Waals surface area contributed by atoms with Crippen LogP contribution in [-0.4, -0.2) is 23.1 Å². The molecule has 0 saturated heterocycles. The van der Waals surface area contributed by atoms with Crippen molar-refractivity contribution in [1.82, 2.24) is 9.97 Å². The molecule has 1 aromatic heterocycles. The Hall–Kier alpha value is -3.08. The monoisotopic (exact) mass is 334 g/mol. The first-order valence-electron chi connectivity index (χ1n) is 8.33. The second kappa shape index (κ2) is 8.15. The molecule has 0 spiro atoms. The summed E-state index contributed by atoms with van der Waals surface area (Å²) in [6.07, 6.45) is 5.09. The van der Waals surface area contributed by atoms with E-state index in [1.807, 2.05) is 42.5 Å². The van der Waals surface area contributed by atoms with Crippen LogP contribution >= 0.6 is 0 Å². The molecule has 0 aliphatic heterocycles. The Bertz CT molecular complexity index is 863. The Labute approximate surface area is 147 Å². The third-order valence-electron chi connectivity index (χ3n) is 3.90. The Balaban J connectivity index is 1.67. The number of rotatable bonds is 8. The van der Waals surface area contributed by atoms with Crippen molar-refractivity contribution in [2.75, 3.05) is 24.2 Å². The Morgan fingerprint density at radius 2 is 2.04 bits per heavy atom. The highest BCUT2D eigenvalue weighted by Gasteiger charge is 2.06. The van der Waals surface area contributed by atoms with Gasteiger partial charge in [-0.05, 0) is 42.7 Å². The second-order valence-electron chi connectivity index (χ2n) is 5.71. The van der Waals surface area contributed by atoms with E-state index in [2.05, 4.69) is 27.9 Å². The van der Waals surface area contributed by atoms with Crippen molar-refractivity contribution in [2.24, 2.45) is 0 Å². The summed E-state index contributed by atoms with van der Waals surface area (Å²) in [7, 11) is 0. The van der Waals surface area contributed by atoms with Crippen LogP contribution in [0.4, 0.5) is 11.5 Å². The number of hydrogen-bond donors (Lipinski definition) is 2. The molecule has 0 aliphatic carbocycles. The lowest BCUT2D eigenvalue weighted by atomic mass is 10.1. The van der Waals surface area contributed by atoms with E-state index in [1.54, 1.807) is 6.33 Å². The molecule has 3 rings (SSSR count). The topological polar surface area (TPSA) is 73.1 Å². The summed E-state index contributed by atoms with van der Waals surface area (Å²) < 4.78 is 5.83. The van der Waals surface area contributed by atoms with Crippen LogP contribution in [0.25, 0.3) is 10.9 Å². The normalized spacial score (nSPS) is 10.6. The smallest absolute Gasteiger partial charge is 0.137 e. The Morgan fingerprint density at radius 3 is 2.92 bits per heavy atom.